The molecule has 2 aliphatic rings. The van der Waals surface area contributed by atoms with Gasteiger partial charge in [0.1, 0.15) is 0 Å². The molecule has 1 fully saturated rings. The molecule has 0 bridgehead atoms. The second-order valence-electron chi connectivity index (χ2n) is 6.58. The van der Waals surface area contributed by atoms with Crippen LogP contribution in [-0.2, 0) is 23.1 Å². The molecule has 0 atom stereocenters. The topological polar surface area (TPSA) is 51.5 Å². The van der Waals surface area contributed by atoms with Gasteiger partial charge in [-0.2, -0.15) is 0 Å². The highest BCUT2D eigenvalue weighted by molar-refractivity contribution is 9.10. The number of halogens is 1. The molecule has 2 heterocycles. The lowest BCUT2D eigenvalue weighted by Gasteiger charge is -2.38. The van der Waals surface area contributed by atoms with Crippen LogP contribution in [0.15, 0.2) is 39.4 Å². The molecule has 1 N–H and O–H groups in total. The Kier molecular flexibility index (Phi) is 4.22. The Bertz CT molecular complexity index is 762. The molecule has 0 unspecified atom stereocenters. The minimum absolute atomic E-state index is 0.111. The number of furan rings is 1. The average molecular weight is 390 g/mol. The van der Waals surface area contributed by atoms with E-state index in [1.165, 1.54) is 5.56 Å². The van der Waals surface area contributed by atoms with E-state index in [0.717, 1.165) is 47.7 Å². The fourth-order valence-corrected chi connectivity index (χ4v) is 4.21. The molecule has 4 nitrogen and oxygen atoms in total. The number of ether oxygens (including phenoxy) is 1. The zero-order valence-electron chi connectivity index (χ0n) is 13.4. The maximum absolute atomic E-state index is 12.9. The van der Waals surface area contributed by atoms with Crippen LogP contribution in [0.25, 0.3) is 0 Å². The van der Waals surface area contributed by atoms with Crippen molar-refractivity contribution in [1.29, 1.82) is 0 Å². The molecule has 1 aliphatic carbocycles. The Hall–Kier alpha value is -1.59. The lowest BCUT2D eigenvalue weighted by molar-refractivity contribution is 0.0337. The van der Waals surface area contributed by atoms with E-state index in [1.807, 2.05) is 12.1 Å². The molecule has 5 heteroatoms. The van der Waals surface area contributed by atoms with Gasteiger partial charge in [0.15, 0.2) is 5.76 Å². The van der Waals surface area contributed by atoms with Crippen molar-refractivity contribution < 1.29 is 13.9 Å². The maximum Gasteiger partial charge on any atom is 0.287 e. The molecular formula is C19H20BrNO3. The molecule has 1 aliphatic heterocycles. The maximum atomic E-state index is 12.9. The Morgan fingerprint density at radius 3 is 2.83 bits per heavy atom. The number of hydrogen-bond donors (Lipinski definition) is 1. The number of amides is 1. The zero-order valence-corrected chi connectivity index (χ0v) is 15.0. The fraction of sp³-hybridized carbons (Fsp3) is 0.421. The third-order valence-corrected chi connectivity index (χ3v) is 5.63. The van der Waals surface area contributed by atoms with E-state index in [9.17, 15) is 4.79 Å². The standard InChI is InChI=1S/C19H20BrNO3/c20-15-5-2-4-14(11-15)19(7-9-23-10-8-19)21-18(22)17-16-6-1-3-13(16)12-24-17/h2,4-5,11-12H,1,3,6-10H2,(H,21,22). The highest BCUT2D eigenvalue weighted by atomic mass is 79.9. The summed E-state index contributed by atoms with van der Waals surface area (Å²) in [7, 11) is 0. The lowest BCUT2D eigenvalue weighted by Crippen LogP contribution is -2.49. The normalized spacial score (nSPS) is 19.0. The number of hydrogen-bond acceptors (Lipinski definition) is 3. The van der Waals surface area contributed by atoms with E-state index in [0.29, 0.717) is 19.0 Å². The van der Waals surface area contributed by atoms with Gasteiger partial charge >= 0.3 is 0 Å². The minimum atomic E-state index is -0.405. The molecule has 24 heavy (non-hydrogen) atoms. The van der Waals surface area contributed by atoms with E-state index in [4.69, 9.17) is 9.15 Å². The van der Waals surface area contributed by atoms with Crippen molar-refractivity contribution in [2.24, 2.45) is 0 Å². The van der Waals surface area contributed by atoms with E-state index >= 15 is 0 Å². The first kappa shape index (κ1) is 15.9. The van der Waals surface area contributed by atoms with Gasteiger partial charge in [-0.05, 0) is 55.4 Å². The highest BCUT2D eigenvalue weighted by Crippen LogP contribution is 2.35. The van der Waals surface area contributed by atoms with Crippen LogP contribution < -0.4 is 5.32 Å². The van der Waals surface area contributed by atoms with Gasteiger partial charge in [-0.3, -0.25) is 4.79 Å². The number of aryl methyl sites for hydroxylation is 1. The number of carbonyl (C=O) groups excluding carboxylic acids is 1. The van der Waals surface area contributed by atoms with E-state index < -0.39 is 5.54 Å². The van der Waals surface area contributed by atoms with E-state index in [-0.39, 0.29) is 5.91 Å². The van der Waals surface area contributed by atoms with Crippen LogP contribution in [0.4, 0.5) is 0 Å². The van der Waals surface area contributed by atoms with Gasteiger partial charge in [0.2, 0.25) is 0 Å². The van der Waals surface area contributed by atoms with Crippen molar-refractivity contribution >= 4 is 21.8 Å². The molecule has 0 radical (unpaired) electrons. The van der Waals surface area contributed by atoms with Gasteiger partial charge in [-0.15, -0.1) is 0 Å². The quantitative estimate of drug-likeness (QED) is 0.863. The van der Waals surface area contributed by atoms with Crippen LogP contribution in [-0.4, -0.2) is 19.1 Å². The molecule has 2 aromatic rings. The van der Waals surface area contributed by atoms with Crippen molar-refractivity contribution in [2.75, 3.05) is 13.2 Å². The van der Waals surface area contributed by atoms with Crippen LogP contribution in [0.3, 0.4) is 0 Å². The average Bonchev–Trinajstić information content (AvgIpc) is 3.19. The fourth-order valence-electron chi connectivity index (χ4n) is 3.81. The van der Waals surface area contributed by atoms with Gasteiger partial charge in [0, 0.05) is 23.2 Å². The Balaban J connectivity index is 1.66. The SMILES string of the molecule is O=C(NC1(c2cccc(Br)c2)CCOCC1)c1occ2c1CCC2. The van der Waals surface area contributed by atoms with Gasteiger partial charge in [0.05, 0.1) is 11.8 Å². The number of rotatable bonds is 3. The van der Waals surface area contributed by atoms with Crippen LogP contribution in [0, 0.1) is 0 Å². The Morgan fingerprint density at radius 2 is 2.04 bits per heavy atom. The van der Waals surface area contributed by atoms with Crippen molar-refractivity contribution in [1.82, 2.24) is 5.32 Å². The summed E-state index contributed by atoms with van der Waals surface area (Å²) in [5, 5.41) is 3.27. The van der Waals surface area contributed by atoms with Crippen molar-refractivity contribution in [3.63, 3.8) is 0 Å². The highest BCUT2D eigenvalue weighted by Gasteiger charge is 2.38. The predicted molar refractivity (Wildman–Crippen MR) is 94.1 cm³/mol. The summed E-state index contributed by atoms with van der Waals surface area (Å²) in [6.07, 6.45) is 6.31. The van der Waals surface area contributed by atoms with E-state index in [1.54, 1.807) is 6.26 Å². The second kappa shape index (κ2) is 6.37. The Morgan fingerprint density at radius 1 is 1.21 bits per heavy atom. The van der Waals surface area contributed by atoms with E-state index in [2.05, 4.69) is 33.4 Å². The third kappa shape index (κ3) is 2.80. The predicted octanol–water partition coefficient (Wildman–Crippen LogP) is 3.97. The molecule has 0 saturated carbocycles. The largest absolute Gasteiger partial charge is 0.459 e. The molecule has 1 amide bonds. The van der Waals surface area contributed by atoms with Gasteiger partial charge in [-0.1, -0.05) is 28.1 Å². The van der Waals surface area contributed by atoms with Gasteiger partial charge in [-0.25, -0.2) is 0 Å². The molecular weight excluding hydrogens is 370 g/mol. The summed E-state index contributed by atoms with van der Waals surface area (Å²) in [5.74, 6) is 0.378. The molecule has 1 aromatic carbocycles. The van der Waals surface area contributed by atoms with Crippen LogP contribution >= 0.6 is 15.9 Å². The molecule has 126 valence electrons. The Labute approximate surface area is 149 Å². The second-order valence-corrected chi connectivity index (χ2v) is 7.50. The first-order valence-electron chi connectivity index (χ1n) is 8.43. The number of fused-ring (bicyclic) bond motifs is 1. The molecule has 0 spiro atoms. The lowest BCUT2D eigenvalue weighted by atomic mass is 9.82. The summed E-state index contributed by atoms with van der Waals surface area (Å²) in [6, 6.07) is 8.16. The summed E-state index contributed by atoms with van der Waals surface area (Å²) in [6.45, 7) is 1.28. The van der Waals surface area contributed by atoms with Crippen LogP contribution in [0.1, 0.15) is 46.5 Å². The van der Waals surface area contributed by atoms with Gasteiger partial charge in [0.25, 0.3) is 5.91 Å². The summed E-state index contributed by atoms with van der Waals surface area (Å²) in [4.78, 5) is 12.9. The van der Waals surface area contributed by atoms with Crippen LogP contribution in [0.2, 0.25) is 0 Å². The van der Waals surface area contributed by atoms with Crippen molar-refractivity contribution in [2.45, 2.75) is 37.6 Å². The van der Waals surface area contributed by atoms with Gasteiger partial charge < -0.3 is 14.5 Å². The molecule has 1 aromatic heterocycles. The summed E-state index contributed by atoms with van der Waals surface area (Å²) >= 11 is 3.54. The van der Waals surface area contributed by atoms with Crippen molar-refractivity contribution in [3.05, 3.63) is 57.5 Å². The summed E-state index contributed by atoms with van der Waals surface area (Å²) in [5.41, 5.74) is 2.97. The number of benzene rings is 1. The zero-order chi connectivity index (χ0) is 16.6. The number of carbonyl (C=O) groups is 1. The molecule has 1 saturated heterocycles. The smallest absolute Gasteiger partial charge is 0.287 e. The number of nitrogens with one attached hydrogen (secondary N) is 1. The van der Waals surface area contributed by atoms with Crippen molar-refractivity contribution in [3.8, 4) is 0 Å². The molecule has 4 rings (SSSR count). The van der Waals surface area contributed by atoms with Crippen LogP contribution in [0.5, 0.6) is 0 Å². The summed E-state index contributed by atoms with van der Waals surface area (Å²) < 4.78 is 12.1. The first-order chi connectivity index (χ1) is 11.7. The minimum Gasteiger partial charge on any atom is -0.459 e. The third-order valence-electron chi connectivity index (χ3n) is 5.14. The monoisotopic (exact) mass is 389 g/mol. The first-order valence-corrected chi connectivity index (χ1v) is 9.23.